The van der Waals surface area contributed by atoms with Gasteiger partial charge in [0.2, 0.25) is 0 Å². The van der Waals surface area contributed by atoms with Crippen molar-refractivity contribution < 1.29 is 38.0 Å². The van der Waals surface area contributed by atoms with Gasteiger partial charge >= 0.3 is 5.97 Å². The molecule has 0 bridgehead atoms. The zero-order valence-electron chi connectivity index (χ0n) is 41.5. The molecular weight excluding hydrogens is 967 g/mol. The van der Waals surface area contributed by atoms with Crippen molar-refractivity contribution in [3.63, 3.8) is 0 Å². The van der Waals surface area contributed by atoms with Crippen LogP contribution in [-0.2, 0) is 30.3 Å². The van der Waals surface area contributed by atoms with Crippen LogP contribution in [0.5, 0.6) is 17.2 Å². The summed E-state index contributed by atoms with van der Waals surface area (Å²) < 4.78 is 51.7. The predicted octanol–water partition coefficient (Wildman–Crippen LogP) is 12.1. The molecule has 0 aliphatic carbocycles. The first-order valence-electron chi connectivity index (χ1n) is 24.0. The zero-order valence-corrected chi connectivity index (χ0v) is 44.0. The first-order valence-corrected chi connectivity index (χ1v) is 26.4. The third kappa shape index (κ3) is 13.8. The second kappa shape index (κ2) is 25.8. The number of aromatic nitrogens is 2. The summed E-state index contributed by atoms with van der Waals surface area (Å²) in [5.41, 5.74) is 9.97. The Morgan fingerprint density at radius 1 is 0.750 bits per heavy atom. The Labute approximate surface area is 434 Å². The number of ether oxygens (including phenoxy) is 7. The lowest BCUT2D eigenvalue weighted by Crippen LogP contribution is -2.33. The van der Waals surface area contributed by atoms with Crippen LogP contribution < -0.4 is 24.0 Å². The van der Waals surface area contributed by atoms with Crippen molar-refractivity contribution in [1.82, 2.24) is 8.75 Å². The first-order chi connectivity index (χ1) is 35.2. The summed E-state index contributed by atoms with van der Waals surface area (Å²) in [5.74, 6) is 1.86. The predicted molar refractivity (Wildman–Crippen MR) is 295 cm³/mol. The second-order valence-electron chi connectivity index (χ2n) is 17.1. The molecule has 0 saturated heterocycles. The van der Waals surface area contributed by atoms with Gasteiger partial charge in [-0.15, -0.1) is 22.7 Å². The number of hydrogen-bond acceptors (Lipinski definition) is 16. The van der Waals surface area contributed by atoms with Gasteiger partial charge < -0.3 is 43.0 Å². The minimum atomic E-state index is -0.399. The molecule has 0 saturated carbocycles. The highest BCUT2D eigenvalue weighted by atomic mass is 32.1. The van der Waals surface area contributed by atoms with Crippen molar-refractivity contribution >= 4 is 86.8 Å². The molecule has 0 spiro atoms. The molecule has 0 amide bonds. The van der Waals surface area contributed by atoms with E-state index in [4.69, 9.17) is 46.9 Å². The highest BCUT2D eigenvalue weighted by molar-refractivity contribution is 7.16. The molecule has 1 aliphatic heterocycles. The molecule has 376 valence electrons. The number of benzene rings is 4. The van der Waals surface area contributed by atoms with Gasteiger partial charge in [-0.25, -0.2) is 4.79 Å². The van der Waals surface area contributed by atoms with Gasteiger partial charge in [-0.2, -0.15) is 8.75 Å². The van der Waals surface area contributed by atoms with Crippen LogP contribution in [0.4, 0.5) is 17.1 Å². The molecule has 0 atom stereocenters. The average Bonchev–Trinajstić information content (AvgIpc) is 4.18. The largest absolute Gasteiger partial charge is 0.490 e. The molecule has 0 fully saturated rings. The smallest absolute Gasteiger partial charge is 0.333 e. The third-order valence-corrected chi connectivity index (χ3v) is 14.4. The number of fused-ring (bicyclic) bond motifs is 3. The fraction of sp³-hybridized carbons (Fsp3) is 0.321. The van der Waals surface area contributed by atoms with Crippen molar-refractivity contribution in [2.45, 2.75) is 34.3 Å². The number of methoxy groups -OCH3 is 1. The van der Waals surface area contributed by atoms with Gasteiger partial charge in [0.05, 0.1) is 69.2 Å². The average molecular weight is 1030 g/mol. The van der Waals surface area contributed by atoms with E-state index in [0.29, 0.717) is 83.8 Å². The normalized spacial score (nSPS) is 14.3. The van der Waals surface area contributed by atoms with E-state index in [0.717, 1.165) is 93.5 Å². The maximum Gasteiger partial charge on any atom is 0.333 e. The van der Waals surface area contributed by atoms with Crippen LogP contribution in [-0.4, -0.2) is 107 Å². The van der Waals surface area contributed by atoms with Crippen LogP contribution >= 0.6 is 34.4 Å². The van der Waals surface area contributed by atoms with E-state index in [-0.39, 0.29) is 6.61 Å². The van der Waals surface area contributed by atoms with E-state index in [1.807, 2.05) is 37.3 Å². The van der Waals surface area contributed by atoms with Crippen molar-refractivity contribution in [2.24, 2.45) is 4.99 Å². The molecule has 3 aromatic heterocycles. The Balaban J connectivity index is 1.04. The Morgan fingerprint density at radius 2 is 1.46 bits per heavy atom. The minimum Gasteiger partial charge on any atom is -0.490 e. The van der Waals surface area contributed by atoms with Crippen LogP contribution in [0.25, 0.3) is 44.1 Å². The number of aryl methyl sites for hydroxylation is 2. The van der Waals surface area contributed by atoms with Crippen molar-refractivity contribution in [2.75, 3.05) is 95.9 Å². The highest BCUT2D eigenvalue weighted by Crippen LogP contribution is 2.40. The number of carbonyl (C=O) groups is 1. The minimum absolute atomic E-state index is 0.197. The molecule has 0 radical (unpaired) electrons. The molecule has 13 nitrogen and oxygen atoms in total. The number of nitrogens with zero attached hydrogens (tertiary/aromatic N) is 5. The van der Waals surface area contributed by atoms with E-state index >= 15 is 0 Å². The van der Waals surface area contributed by atoms with Crippen molar-refractivity contribution in [1.29, 1.82) is 0 Å². The number of esters is 1. The molecule has 0 unspecified atom stereocenters. The number of rotatable bonds is 13. The van der Waals surface area contributed by atoms with E-state index in [2.05, 4.69) is 103 Å². The van der Waals surface area contributed by atoms with Crippen LogP contribution in [0.3, 0.4) is 0 Å². The van der Waals surface area contributed by atoms with Gasteiger partial charge in [0, 0.05) is 62.6 Å². The van der Waals surface area contributed by atoms with Crippen molar-refractivity contribution in [3.05, 3.63) is 130 Å². The van der Waals surface area contributed by atoms with Gasteiger partial charge in [0.1, 0.15) is 60.4 Å². The quantitative estimate of drug-likeness (QED) is 0.0620. The van der Waals surface area contributed by atoms with E-state index in [1.54, 1.807) is 42.9 Å². The lowest BCUT2D eigenvalue weighted by molar-refractivity contribution is -0.140. The zero-order chi connectivity index (χ0) is 50.2. The monoisotopic (exact) mass is 1030 g/mol. The fourth-order valence-corrected chi connectivity index (χ4v) is 10.4. The Hall–Kier alpha value is -6.40. The molecule has 72 heavy (non-hydrogen) atoms. The van der Waals surface area contributed by atoms with Gasteiger partial charge in [0.15, 0.2) is 0 Å². The number of carbonyl (C=O) groups excluding carboxylic acids is 1. The lowest BCUT2D eigenvalue weighted by atomic mass is 10.1. The fourth-order valence-electron chi connectivity index (χ4n) is 7.98. The molecule has 8 rings (SSSR count). The van der Waals surface area contributed by atoms with E-state index < -0.39 is 5.97 Å². The van der Waals surface area contributed by atoms with E-state index in [9.17, 15) is 4.79 Å². The molecule has 16 heteroatoms. The Bertz CT molecular complexity index is 3000. The molecule has 4 aromatic carbocycles. The second-order valence-corrected chi connectivity index (χ2v) is 19.9. The number of hydrogen-bond donors (Lipinski definition) is 0. The number of anilines is 2. The first kappa shape index (κ1) is 51.9. The molecule has 0 N–H and O–H groups in total. The summed E-state index contributed by atoms with van der Waals surface area (Å²) in [6, 6.07) is 31.2. The van der Waals surface area contributed by atoms with Crippen LogP contribution in [0.1, 0.15) is 40.3 Å². The number of aliphatic imine (C=N–C) groups is 1. The SMILES string of the molecule is C=C(C)C(=O)OCc1ccc(-c2ccc(-c3ccc(/C=C/c4ccc(N5CCOc6cc(C)ccc6N=CCOCCOCCN(CC)c6ccc(C)cc6OCC5)c(OCCOC)c4)s3)c3nsnc23)s1. The summed E-state index contributed by atoms with van der Waals surface area (Å²) >= 11 is 4.47. The third-order valence-electron chi connectivity index (χ3n) is 11.7. The summed E-state index contributed by atoms with van der Waals surface area (Å²) in [6.07, 6.45) is 6.01. The number of thiophene rings is 2. The summed E-state index contributed by atoms with van der Waals surface area (Å²) in [6.45, 7) is 17.9. The standard InChI is InChI=1S/C56H61N5O8S3/c1-7-60-23-27-65-32-31-64-26-22-57-46-17-8-39(4)34-49(46)66-28-24-61(25-29-67-50-35-40(5)9-18-47(50)60)48-19-11-41(36-51(48)68-33-30-63-6)10-12-42-13-20-52(70-42)44-15-16-45(55-54(44)58-72-59-55)53-21-14-43(71-53)37-69-56(62)38(2)3/h8-22,34-36H,2,7,23-33,37H2,1,3-6H3/b12-10+,57-22?. The maximum absolute atomic E-state index is 12.0. The van der Waals surface area contributed by atoms with Crippen molar-refractivity contribution in [3.8, 4) is 38.1 Å². The maximum atomic E-state index is 12.0. The highest BCUT2D eigenvalue weighted by Gasteiger charge is 2.19. The molecule has 1 aliphatic rings. The summed E-state index contributed by atoms with van der Waals surface area (Å²) in [5, 5.41) is 0. The topological polar surface area (TPSA) is 126 Å². The van der Waals surface area contributed by atoms with Crippen LogP contribution in [0.2, 0.25) is 0 Å². The van der Waals surface area contributed by atoms with Crippen LogP contribution in [0, 0.1) is 13.8 Å². The van der Waals surface area contributed by atoms with Gasteiger partial charge in [-0.3, -0.25) is 4.99 Å². The van der Waals surface area contributed by atoms with Gasteiger partial charge in [-0.1, -0.05) is 43.0 Å². The summed E-state index contributed by atoms with van der Waals surface area (Å²) in [4.78, 5) is 25.4. The van der Waals surface area contributed by atoms with E-state index in [1.165, 1.54) is 11.7 Å². The van der Waals surface area contributed by atoms with Crippen LogP contribution in [0.15, 0.2) is 108 Å². The lowest BCUT2D eigenvalue weighted by Gasteiger charge is -2.29. The van der Waals surface area contributed by atoms with Gasteiger partial charge in [-0.05, 0) is 111 Å². The Morgan fingerprint density at radius 3 is 2.22 bits per heavy atom. The Kier molecular flexibility index (Phi) is 18.6. The molecule has 7 aromatic rings. The number of likely N-dealkylation sites (N-methyl/N-ethyl adjacent to an activating group) is 1. The summed E-state index contributed by atoms with van der Waals surface area (Å²) in [7, 11) is 1.67. The van der Waals surface area contributed by atoms with Gasteiger partial charge in [0.25, 0.3) is 0 Å². The molecular formula is C56H61N5O8S3. The molecule has 4 heterocycles.